The lowest BCUT2D eigenvalue weighted by atomic mass is 9.77. The van der Waals surface area contributed by atoms with Crippen molar-refractivity contribution in [3.8, 4) is 22.5 Å². The summed E-state index contributed by atoms with van der Waals surface area (Å²) in [5, 5.41) is 13.8. The molecule has 3 heterocycles. The van der Waals surface area contributed by atoms with Crippen LogP contribution in [-0.2, 0) is 44.0 Å². The van der Waals surface area contributed by atoms with Crippen LogP contribution in [0.4, 0.5) is 4.79 Å². The van der Waals surface area contributed by atoms with Crippen molar-refractivity contribution in [2.24, 2.45) is 0 Å². The molecule has 5 aromatic carbocycles. The number of aryl methyl sites for hydroxylation is 1. The molecule has 8 rings (SSSR count). The lowest BCUT2D eigenvalue weighted by Gasteiger charge is -2.38. The van der Waals surface area contributed by atoms with E-state index in [9.17, 15) is 14.4 Å². The predicted molar refractivity (Wildman–Crippen MR) is 230 cm³/mol. The van der Waals surface area contributed by atoms with Crippen LogP contribution in [0.2, 0.25) is 0 Å². The topological polar surface area (TPSA) is 134 Å². The second-order valence-corrected chi connectivity index (χ2v) is 15.1. The molecule has 0 fully saturated rings. The van der Waals surface area contributed by atoms with Crippen molar-refractivity contribution in [2.45, 2.75) is 63.7 Å². The van der Waals surface area contributed by atoms with Crippen LogP contribution < -0.4 is 0 Å². The molecule has 2 atom stereocenters. The summed E-state index contributed by atoms with van der Waals surface area (Å²) in [6.45, 7) is 3.91. The Hall–Kier alpha value is -7.21. The first kappa shape index (κ1) is 40.6. The van der Waals surface area contributed by atoms with E-state index in [1.807, 2.05) is 82.0 Å². The van der Waals surface area contributed by atoms with Crippen LogP contribution in [0.25, 0.3) is 22.5 Å². The third-order valence-electron chi connectivity index (χ3n) is 11.6. The van der Waals surface area contributed by atoms with E-state index in [0.717, 1.165) is 57.6 Å². The van der Waals surface area contributed by atoms with Crippen molar-refractivity contribution in [3.63, 3.8) is 0 Å². The summed E-state index contributed by atoms with van der Waals surface area (Å²) < 4.78 is 14.2. The Balaban J connectivity index is 1.21. The monoisotopic (exact) mass is 813 g/mol. The Morgan fingerprint density at radius 3 is 1.85 bits per heavy atom. The van der Waals surface area contributed by atoms with Crippen LogP contribution in [-0.4, -0.2) is 72.8 Å². The number of benzene rings is 5. The summed E-state index contributed by atoms with van der Waals surface area (Å²) in [6.07, 6.45) is 1.78. The molecule has 308 valence electrons. The summed E-state index contributed by atoms with van der Waals surface area (Å²) in [4.78, 5) is 45.9. The van der Waals surface area contributed by atoms with E-state index in [4.69, 9.17) is 24.8 Å². The maximum Gasteiger partial charge on any atom is 0.411 e. The number of unbranched alkanes of at least 4 members (excludes halogenated alkanes) is 1. The molecule has 12 nitrogen and oxygen atoms in total. The van der Waals surface area contributed by atoms with Crippen LogP contribution in [0.5, 0.6) is 0 Å². The lowest BCUT2D eigenvalue weighted by molar-refractivity contribution is -0.148. The van der Waals surface area contributed by atoms with Crippen molar-refractivity contribution < 1.29 is 23.9 Å². The number of methoxy groups -OCH3 is 2. The van der Waals surface area contributed by atoms with E-state index in [2.05, 4.69) is 78.9 Å². The molecular formula is C49H47N7O5. The van der Waals surface area contributed by atoms with Crippen molar-refractivity contribution in [2.75, 3.05) is 14.2 Å². The number of ketones is 1. The Kier molecular flexibility index (Phi) is 11.7. The number of ether oxygens (including phenoxy) is 2. The summed E-state index contributed by atoms with van der Waals surface area (Å²) in [6, 6.07) is 45.2. The second kappa shape index (κ2) is 17.6. The molecule has 7 aromatic rings. The van der Waals surface area contributed by atoms with E-state index in [0.29, 0.717) is 30.2 Å². The summed E-state index contributed by atoms with van der Waals surface area (Å²) in [5.41, 5.74) is 6.99. The predicted octanol–water partition coefficient (Wildman–Crippen LogP) is 8.23. The third-order valence-corrected chi connectivity index (χ3v) is 11.6. The number of imidazole rings is 1. The SMILES string of the molecule is CCCCc1nc2c(n1Cc1ccc(-c3ccccc3-c3nnnn3C(c3ccccc3)(c3ccccc3)c3ccccc3)cc1)C(C(C)=O)N(C(=O)OC)C(C(=O)OC)C2. The smallest absolute Gasteiger partial charge is 0.411 e. The minimum Gasteiger partial charge on any atom is -0.467 e. The molecule has 1 aliphatic heterocycles. The van der Waals surface area contributed by atoms with Crippen molar-refractivity contribution >= 4 is 17.8 Å². The number of hydrogen-bond donors (Lipinski definition) is 0. The summed E-state index contributed by atoms with van der Waals surface area (Å²) >= 11 is 0. The highest BCUT2D eigenvalue weighted by molar-refractivity contribution is 5.91. The normalized spacial score (nSPS) is 14.9. The van der Waals surface area contributed by atoms with Crippen molar-refractivity contribution in [3.05, 3.63) is 179 Å². The van der Waals surface area contributed by atoms with Gasteiger partial charge in [0.2, 0.25) is 0 Å². The molecule has 12 heteroatoms. The van der Waals surface area contributed by atoms with Crippen molar-refractivity contribution in [1.82, 2.24) is 34.7 Å². The van der Waals surface area contributed by atoms with Crippen LogP contribution in [0.1, 0.15) is 72.2 Å². The maximum atomic E-state index is 13.5. The molecule has 1 aliphatic rings. The van der Waals surface area contributed by atoms with E-state index >= 15 is 0 Å². The van der Waals surface area contributed by atoms with Crippen LogP contribution in [0.3, 0.4) is 0 Å². The van der Waals surface area contributed by atoms with Crippen LogP contribution in [0.15, 0.2) is 140 Å². The van der Waals surface area contributed by atoms with Gasteiger partial charge in [-0.05, 0) is 57.2 Å². The first-order valence-electron chi connectivity index (χ1n) is 20.5. The zero-order valence-electron chi connectivity index (χ0n) is 34.6. The highest BCUT2D eigenvalue weighted by Crippen LogP contribution is 2.44. The molecule has 2 aromatic heterocycles. The van der Waals surface area contributed by atoms with Crippen molar-refractivity contribution in [1.29, 1.82) is 0 Å². The lowest BCUT2D eigenvalue weighted by Crippen LogP contribution is -2.53. The third kappa shape index (κ3) is 7.39. The van der Waals surface area contributed by atoms with E-state index < -0.39 is 29.7 Å². The van der Waals surface area contributed by atoms with Gasteiger partial charge >= 0.3 is 12.1 Å². The Labute approximate surface area is 354 Å². The molecule has 0 aliphatic carbocycles. The first-order chi connectivity index (χ1) is 29.8. The number of tetrazole rings is 1. The Morgan fingerprint density at radius 2 is 1.31 bits per heavy atom. The second-order valence-electron chi connectivity index (χ2n) is 15.1. The number of esters is 1. The Bertz CT molecular complexity index is 2550. The van der Waals surface area contributed by atoms with E-state index in [1.54, 1.807) is 0 Å². The van der Waals surface area contributed by atoms with Crippen LogP contribution in [0, 0.1) is 0 Å². The quantitative estimate of drug-likeness (QED) is 0.0834. The zero-order valence-corrected chi connectivity index (χ0v) is 34.6. The number of carbonyl (C=O) groups excluding carboxylic acids is 3. The van der Waals surface area contributed by atoms with Gasteiger partial charge < -0.3 is 14.0 Å². The number of hydrogen-bond acceptors (Lipinski definition) is 9. The van der Waals surface area contributed by atoms with E-state index in [-0.39, 0.29) is 12.2 Å². The Morgan fingerprint density at radius 1 is 0.738 bits per heavy atom. The molecule has 0 N–H and O–H groups in total. The van der Waals surface area contributed by atoms with Gasteiger partial charge in [0.15, 0.2) is 11.6 Å². The van der Waals surface area contributed by atoms with Gasteiger partial charge in [-0.1, -0.05) is 153 Å². The zero-order chi connectivity index (χ0) is 42.5. The summed E-state index contributed by atoms with van der Waals surface area (Å²) in [5.74, 6) is 0.433. The van der Waals surface area contributed by atoms with E-state index in [1.165, 1.54) is 26.0 Å². The number of fused-ring (bicyclic) bond motifs is 1. The average Bonchev–Trinajstić information content (AvgIpc) is 3.93. The maximum absolute atomic E-state index is 13.5. The van der Waals surface area contributed by atoms with Gasteiger partial charge in [-0.15, -0.1) is 5.10 Å². The molecule has 61 heavy (non-hydrogen) atoms. The average molecular weight is 814 g/mol. The summed E-state index contributed by atoms with van der Waals surface area (Å²) in [7, 11) is 2.50. The fourth-order valence-corrected chi connectivity index (χ4v) is 8.77. The van der Waals surface area contributed by atoms with Gasteiger partial charge in [0.05, 0.1) is 25.6 Å². The van der Waals surface area contributed by atoms with Gasteiger partial charge in [0.1, 0.15) is 23.4 Å². The number of amides is 1. The number of Topliss-reactive ketones (excluding diaryl/α,β-unsaturated/α-hetero) is 1. The molecule has 0 spiro atoms. The largest absolute Gasteiger partial charge is 0.467 e. The van der Waals surface area contributed by atoms with Gasteiger partial charge in [-0.25, -0.2) is 19.3 Å². The fourth-order valence-electron chi connectivity index (χ4n) is 8.77. The van der Waals surface area contributed by atoms with Gasteiger partial charge in [0.25, 0.3) is 0 Å². The molecular weight excluding hydrogens is 767 g/mol. The number of carbonyl (C=O) groups is 3. The fraction of sp³-hybridized carbons (Fsp3) is 0.245. The molecule has 0 saturated heterocycles. The number of aromatic nitrogens is 6. The number of rotatable bonds is 13. The molecule has 2 unspecified atom stereocenters. The molecule has 0 saturated carbocycles. The minimum atomic E-state index is -1.09. The van der Waals surface area contributed by atoms with Gasteiger partial charge in [-0.3, -0.25) is 9.69 Å². The standard InChI is InChI=1S/C49H47N7O5/c1-5-6-26-43-50-41-31-42(47(58)60-3)55(48(59)61-4)44(33(2)57)45(41)54(43)32-34-27-29-35(30-28-34)39-24-16-17-25-40(39)46-51-52-53-56(46)49(36-18-10-7-11-19-36,37-20-12-8-13-21-37)38-22-14-9-15-23-38/h7-25,27-30,42,44H,5-6,26,31-32H2,1-4H3. The highest BCUT2D eigenvalue weighted by atomic mass is 16.5. The van der Waals surface area contributed by atoms with Crippen LogP contribution >= 0.6 is 0 Å². The van der Waals surface area contributed by atoms with Gasteiger partial charge in [-0.2, -0.15) is 0 Å². The first-order valence-corrected chi connectivity index (χ1v) is 20.5. The molecule has 1 amide bonds. The number of nitrogens with zero attached hydrogens (tertiary/aromatic N) is 7. The minimum absolute atomic E-state index is 0.0995. The molecule has 0 bridgehead atoms. The molecule has 0 radical (unpaired) electrons. The highest BCUT2D eigenvalue weighted by Gasteiger charge is 2.47. The van der Waals surface area contributed by atoms with Gasteiger partial charge in [0, 0.05) is 24.9 Å².